The van der Waals surface area contributed by atoms with Gasteiger partial charge in [0.15, 0.2) is 5.65 Å². The Bertz CT molecular complexity index is 895. The van der Waals surface area contributed by atoms with Gasteiger partial charge >= 0.3 is 6.03 Å². The molecule has 0 atom stereocenters. The molecule has 0 aliphatic rings. The van der Waals surface area contributed by atoms with Crippen molar-refractivity contribution in [3.8, 4) is 11.3 Å². The molecule has 9 heteroatoms. The molecule has 142 valence electrons. The van der Waals surface area contributed by atoms with E-state index in [0.29, 0.717) is 42.1 Å². The molecule has 2 aromatic heterocycles. The van der Waals surface area contributed by atoms with Crippen LogP contribution in [0.5, 0.6) is 0 Å². The number of urea groups is 1. The minimum Gasteiger partial charge on any atom is -0.412 e. The number of amides is 2. The van der Waals surface area contributed by atoms with Crippen LogP contribution in [0.2, 0.25) is 0 Å². The van der Waals surface area contributed by atoms with Gasteiger partial charge in [0.25, 0.3) is 0 Å². The highest BCUT2D eigenvalue weighted by molar-refractivity contribution is 6.22. The van der Waals surface area contributed by atoms with Gasteiger partial charge in [0.2, 0.25) is 0 Å². The number of benzene rings is 1. The van der Waals surface area contributed by atoms with E-state index < -0.39 is 6.03 Å². The lowest BCUT2D eigenvalue weighted by Crippen LogP contribution is -2.28. The molecule has 0 unspecified atom stereocenters. The van der Waals surface area contributed by atoms with Crippen LogP contribution in [0.1, 0.15) is 12.8 Å². The van der Waals surface area contributed by atoms with Crippen molar-refractivity contribution in [2.45, 2.75) is 12.8 Å². The first-order valence-electron chi connectivity index (χ1n) is 8.22. The largest absolute Gasteiger partial charge is 0.412 e. The number of carbonyl (C=O) groups excluding carboxylic acids is 1. The lowest BCUT2D eigenvalue weighted by molar-refractivity contribution is 0.233. The van der Waals surface area contributed by atoms with Crippen molar-refractivity contribution in [2.75, 3.05) is 18.5 Å². The number of aromatic nitrogens is 3. The van der Waals surface area contributed by atoms with Gasteiger partial charge in [0.05, 0.1) is 11.9 Å². The van der Waals surface area contributed by atoms with Gasteiger partial charge in [-0.05, 0) is 25.0 Å². The Morgan fingerprint density at radius 3 is 2.63 bits per heavy atom. The number of anilines is 1. The number of pyridine rings is 1. The first-order chi connectivity index (χ1) is 12.7. The molecule has 0 spiro atoms. The molecule has 8 nitrogen and oxygen atoms in total. The topological polar surface area (TPSA) is 123 Å². The number of hydrogen-bond acceptors (Lipinski definition) is 5. The highest BCUT2D eigenvalue weighted by atomic mass is 35.5. The summed E-state index contributed by atoms with van der Waals surface area (Å²) in [6.07, 6.45) is 2.90. The Kier molecular flexibility index (Phi) is 7.42. The number of aliphatic hydroxyl groups excluding tert-OH is 1. The third kappa shape index (κ3) is 5.33. The number of rotatable bonds is 6. The van der Waals surface area contributed by atoms with Crippen molar-refractivity contribution in [3.05, 3.63) is 48.7 Å². The molecule has 3 aromatic rings. The van der Waals surface area contributed by atoms with Gasteiger partial charge in [0, 0.05) is 30.5 Å². The van der Waals surface area contributed by atoms with E-state index in [1.807, 2.05) is 30.3 Å². The van der Waals surface area contributed by atoms with Crippen LogP contribution in [-0.4, -0.2) is 49.1 Å². The predicted octanol–water partition coefficient (Wildman–Crippen LogP) is 2.63. The van der Waals surface area contributed by atoms with Crippen LogP contribution >= 0.6 is 11.8 Å². The van der Waals surface area contributed by atoms with Gasteiger partial charge in [-0.2, -0.15) is 0 Å². The molecule has 3 rings (SSSR count). The van der Waals surface area contributed by atoms with Crippen molar-refractivity contribution in [3.63, 3.8) is 0 Å². The second kappa shape index (κ2) is 9.77. The number of hydrogen-bond donors (Lipinski definition) is 2. The van der Waals surface area contributed by atoms with Gasteiger partial charge in [-0.15, -0.1) is 0 Å². The number of aliphatic hydroxyl groups is 1. The molecular formula is C18H20ClN5O3. The van der Waals surface area contributed by atoms with Crippen molar-refractivity contribution in [2.24, 2.45) is 0 Å². The minimum absolute atomic E-state index is 0. The van der Waals surface area contributed by atoms with E-state index in [4.69, 9.17) is 16.9 Å². The second-order valence-electron chi connectivity index (χ2n) is 5.61. The fourth-order valence-corrected chi connectivity index (χ4v) is 2.51. The fraction of sp³-hybridized carbons (Fsp3) is 0.222. The molecule has 2 amide bonds. The number of nitrogens with zero attached hydrogens (tertiary/aromatic N) is 4. The van der Waals surface area contributed by atoms with Crippen LogP contribution in [0.15, 0.2) is 48.7 Å². The molecular weight excluding hydrogens is 370 g/mol. The zero-order chi connectivity index (χ0) is 18.4. The molecule has 0 saturated carbocycles. The van der Waals surface area contributed by atoms with Crippen LogP contribution < -0.4 is 5.32 Å². The summed E-state index contributed by atoms with van der Waals surface area (Å²) < 4.78 is 1.04. The van der Waals surface area contributed by atoms with E-state index in [1.165, 1.54) is 0 Å². The highest BCUT2D eigenvalue weighted by Gasteiger charge is 2.12. The molecule has 4 N–H and O–H groups in total. The second-order valence-corrected chi connectivity index (χ2v) is 6.02. The summed E-state index contributed by atoms with van der Waals surface area (Å²) in [5.74, 6) is 0.342. The SMILES string of the molecule is O.O=C(Nc1ccc2ncc(-c3ccccc3)nc2n1)N(Cl)CCCCO. The molecule has 2 heterocycles. The number of fused-ring (bicyclic) bond motifs is 1. The van der Waals surface area contributed by atoms with Crippen molar-refractivity contribution in [1.29, 1.82) is 0 Å². The third-order valence-electron chi connectivity index (χ3n) is 3.69. The summed E-state index contributed by atoms with van der Waals surface area (Å²) in [5, 5.41) is 11.4. The van der Waals surface area contributed by atoms with Gasteiger partial charge in [-0.1, -0.05) is 30.3 Å². The van der Waals surface area contributed by atoms with Crippen molar-refractivity contribution in [1.82, 2.24) is 19.4 Å². The molecule has 0 radical (unpaired) electrons. The molecule has 0 saturated heterocycles. The Morgan fingerprint density at radius 2 is 1.89 bits per heavy atom. The van der Waals surface area contributed by atoms with Gasteiger partial charge in [-0.25, -0.2) is 19.2 Å². The third-order valence-corrected chi connectivity index (χ3v) is 4.02. The van der Waals surface area contributed by atoms with E-state index in [1.54, 1.807) is 18.3 Å². The molecule has 0 aliphatic heterocycles. The Balaban J connectivity index is 0.00000261. The van der Waals surface area contributed by atoms with Crippen LogP contribution in [0.25, 0.3) is 22.4 Å². The number of halogens is 1. The quantitative estimate of drug-likeness (QED) is 0.495. The lowest BCUT2D eigenvalue weighted by Gasteiger charge is -2.14. The maximum absolute atomic E-state index is 12.1. The summed E-state index contributed by atoms with van der Waals surface area (Å²) in [6, 6.07) is 12.6. The number of unbranched alkanes of at least 4 members (excludes halogenated alkanes) is 1. The van der Waals surface area contributed by atoms with Crippen molar-refractivity contribution >= 4 is 34.8 Å². The zero-order valence-corrected chi connectivity index (χ0v) is 15.2. The normalized spacial score (nSPS) is 10.3. The molecule has 0 aliphatic carbocycles. The number of carbonyl (C=O) groups is 1. The Labute approximate surface area is 161 Å². The van der Waals surface area contributed by atoms with Crippen LogP contribution in [-0.2, 0) is 0 Å². The molecule has 27 heavy (non-hydrogen) atoms. The first kappa shape index (κ1) is 20.5. The maximum atomic E-state index is 12.1. The Hall–Kier alpha value is -2.81. The van der Waals surface area contributed by atoms with E-state index in [0.717, 1.165) is 9.98 Å². The first-order valence-corrected chi connectivity index (χ1v) is 8.55. The van der Waals surface area contributed by atoms with E-state index in [9.17, 15) is 4.79 Å². The smallest absolute Gasteiger partial charge is 0.337 e. The molecule has 1 aromatic carbocycles. The van der Waals surface area contributed by atoms with Crippen molar-refractivity contribution < 1.29 is 15.4 Å². The summed E-state index contributed by atoms with van der Waals surface area (Å²) >= 11 is 5.92. The average molecular weight is 390 g/mol. The fourth-order valence-electron chi connectivity index (χ4n) is 2.35. The predicted molar refractivity (Wildman–Crippen MR) is 104 cm³/mol. The molecule has 0 fully saturated rings. The van der Waals surface area contributed by atoms with Crippen LogP contribution in [0.3, 0.4) is 0 Å². The van der Waals surface area contributed by atoms with Crippen LogP contribution in [0, 0.1) is 0 Å². The van der Waals surface area contributed by atoms with Gasteiger partial charge < -0.3 is 10.6 Å². The average Bonchev–Trinajstić information content (AvgIpc) is 2.68. The summed E-state index contributed by atoms with van der Waals surface area (Å²) in [7, 11) is 0. The lowest BCUT2D eigenvalue weighted by atomic mass is 10.2. The van der Waals surface area contributed by atoms with Gasteiger partial charge in [0.1, 0.15) is 11.3 Å². The Morgan fingerprint density at radius 1 is 1.11 bits per heavy atom. The summed E-state index contributed by atoms with van der Waals surface area (Å²) in [5.41, 5.74) is 2.71. The maximum Gasteiger partial charge on any atom is 0.337 e. The number of nitrogens with one attached hydrogen (secondary N) is 1. The minimum atomic E-state index is -0.483. The van der Waals surface area contributed by atoms with E-state index in [2.05, 4.69) is 20.3 Å². The highest BCUT2D eigenvalue weighted by Crippen LogP contribution is 2.19. The summed E-state index contributed by atoms with van der Waals surface area (Å²) in [6.45, 7) is 0.403. The zero-order valence-electron chi connectivity index (χ0n) is 14.5. The van der Waals surface area contributed by atoms with Gasteiger partial charge in [-0.3, -0.25) is 10.3 Å². The van der Waals surface area contributed by atoms with Crippen LogP contribution in [0.4, 0.5) is 10.6 Å². The van der Waals surface area contributed by atoms with E-state index in [-0.39, 0.29) is 12.1 Å². The van der Waals surface area contributed by atoms with E-state index >= 15 is 0 Å². The standard InChI is InChI=1S/C18H18ClN5O2.H2O/c19-24(10-4-5-11-25)18(26)23-16-9-8-14-17(22-16)21-15(12-20-14)13-6-2-1-3-7-13;/h1-3,6-9,12,25H,4-5,10-11H2,(H,21,22,23,26);1H2. The monoisotopic (exact) mass is 389 g/mol. The summed E-state index contributed by atoms with van der Waals surface area (Å²) in [4.78, 5) is 25.3. The molecule has 0 bridgehead atoms.